The summed E-state index contributed by atoms with van der Waals surface area (Å²) in [6.07, 6.45) is 3.36. The lowest BCUT2D eigenvalue weighted by molar-refractivity contribution is 0.223. The molecule has 0 saturated carbocycles. The van der Waals surface area contributed by atoms with Gasteiger partial charge in [-0.2, -0.15) is 0 Å². The smallest absolute Gasteiger partial charge is 0.174 e. The molecule has 0 spiro atoms. The Morgan fingerprint density at radius 3 is 0.878 bits per heavy atom. The molecule has 0 radical (unpaired) electrons. The molecule has 16 rings (SSSR count). The maximum Gasteiger partial charge on any atom is 0.174 e. The molecule has 131 heavy (non-hydrogen) atoms. The first-order valence-electron chi connectivity index (χ1n) is 44.0. The van der Waals surface area contributed by atoms with Gasteiger partial charge in [-0.15, -0.1) is 0 Å². The third kappa shape index (κ3) is 20.6. The van der Waals surface area contributed by atoms with E-state index in [1.165, 1.54) is 0 Å². The van der Waals surface area contributed by atoms with Crippen molar-refractivity contribution in [1.29, 1.82) is 0 Å². The van der Waals surface area contributed by atoms with Crippen LogP contribution in [0.5, 0.6) is 80.5 Å². The summed E-state index contributed by atoms with van der Waals surface area (Å²) in [5, 5.41) is 3.90. The van der Waals surface area contributed by atoms with Crippen molar-refractivity contribution >= 4 is 58.3 Å². The van der Waals surface area contributed by atoms with Crippen LogP contribution >= 0.6 is 14.3 Å². The van der Waals surface area contributed by atoms with Crippen LogP contribution in [0.1, 0.15) is 113 Å². The summed E-state index contributed by atoms with van der Waals surface area (Å²) in [6, 6.07) is 110. The largest absolute Gasteiger partial charge is 0.489 e. The van der Waals surface area contributed by atoms with Gasteiger partial charge in [0.25, 0.3) is 0 Å². The molecule has 1 atom stereocenters. The fourth-order valence-electron chi connectivity index (χ4n) is 16.5. The van der Waals surface area contributed by atoms with Gasteiger partial charge < -0.3 is 56.5 Å². The Bertz CT molecular complexity index is 6730. The summed E-state index contributed by atoms with van der Waals surface area (Å²) >= 11 is 0. The van der Waals surface area contributed by atoms with Crippen molar-refractivity contribution in [2.45, 2.75) is 115 Å². The Kier molecular flexibility index (Phi) is 27.7. The van der Waals surface area contributed by atoms with Gasteiger partial charge >= 0.3 is 0 Å². The van der Waals surface area contributed by atoms with Crippen molar-refractivity contribution in [2.75, 3.05) is 0 Å². The monoisotopic (exact) mass is 1760 g/mol. The molecule has 0 N–H and O–H groups in total. The first-order chi connectivity index (χ1) is 63.5. The highest BCUT2D eigenvalue weighted by Gasteiger charge is 2.36. The van der Waals surface area contributed by atoms with Gasteiger partial charge in [-0.05, 0) is 309 Å². The second-order valence-electron chi connectivity index (χ2n) is 33.2. The summed E-state index contributed by atoms with van der Waals surface area (Å²) in [5.41, 5.74) is 20.5. The average molecular weight is 1770 g/mol. The van der Waals surface area contributed by atoms with Gasteiger partial charge in [0, 0.05) is 21.2 Å². The van der Waals surface area contributed by atoms with Crippen molar-refractivity contribution in [3.8, 4) is 91.6 Å². The number of rotatable bonds is 35. The molecule has 0 aliphatic rings. The normalized spacial score (nSPS) is 11.6. The fraction of sp³-hybridized carbons (Fsp3) is 0.145. The molecular weight excluding hydrogens is 1660 g/mol. The SMILES string of the molecule is C=Cc1ccc(COc2ccc(OCc3ccc(Oc4ccc(C(C)Oc5c(C)cc(Oc6c(C)cc(-c7cc(C)c(Oc8cc(C)c(OCc9ccc(Oc%10ccc(COc%11ccc(OCc%12ccc(C=C)cc%12)c(P(=O)(c%12ccccc%12)c%12ccccc%12)c%11)cc%10)cc9)c(C)c8)c(C)c7C)c(C)c6C)cc5C)cc4)cc3)c(P(=O)(c3ccccc3)c3ccccc3)c2)cc1. The van der Waals surface area contributed by atoms with E-state index >= 15 is 9.13 Å². The van der Waals surface area contributed by atoms with Crippen LogP contribution < -0.4 is 79.2 Å². The molecule has 0 heterocycles. The minimum Gasteiger partial charge on any atom is -0.489 e. The highest BCUT2D eigenvalue weighted by Crippen LogP contribution is 2.50. The van der Waals surface area contributed by atoms with Gasteiger partial charge in [0.2, 0.25) is 0 Å². The number of hydrogen-bond donors (Lipinski definition) is 0. The number of benzene rings is 16. The second kappa shape index (κ2) is 40.4. The van der Waals surface area contributed by atoms with E-state index in [9.17, 15) is 0 Å². The number of ether oxygens (including phenoxy) is 10. The maximum atomic E-state index is 15.8. The van der Waals surface area contributed by atoms with E-state index in [1.807, 2.05) is 328 Å². The molecule has 656 valence electrons. The Morgan fingerprint density at radius 1 is 0.267 bits per heavy atom. The summed E-state index contributed by atoms with van der Waals surface area (Å²) in [7, 11) is -6.91. The molecule has 0 amide bonds. The summed E-state index contributed by atoms with van der Waals surface area (Å²) in [5.74, 6) is 9.67. The van der Waals surface area contributed by atoms with E-state index in [-0.39, 0.29) is 25.9 Å². The highest BCUT2D eigenvalue weighted by atomic mass is 31.2. The Hall–Kier alpha value is -14.5. The van der Waals surface area contributed by atoms with Gasteiger partial charge in [-0.1, -0.05) is 244 Å². The minimum atomic E-state index is -3.46. The lowest BCUT2D eigenvalue weighted by Gasteiger charge is -2.23. The summed E-state index contributed by atoms with van der Waals surface area (Å²) in [4.78, 5) is 0. The molecular formula is C117H106O12P2. The molecule has 0 saturated heterocycles. The Morgan fingerprint density at radius 2 is 0.550 bits per heavy atom. The van der Waals surface area contributed by atoms with Crippen molar-refractivity contribution in [3.05, 3.63) is 453 Å². The molecule has 0 aliphatic carbocycles. The van der Waals surface area contributed by atoms with Gasteiger partial charge in [0.15, 0.2) is 14.3 Å². The number of aryl methyl sites for hydroxylation is 6. The van der Waals surface area contributed by atoms with E-state index < -0.39 is 14.3 Å². The van der Waals surface area contributed by atoms with Crippen LogP contribution in [0, 0.1) is 69.2 Å². The van der Waals surface area contributed by atoms with Crippen molar-refractivity contribution in [1.82, 2.24) is 0 Å². The van der Waals surface area contributed by atoms with Crippen LogP contribution in [0.2, 0.25) is 0 Å². The topological polar surface area (TPSA) is 126 Å². The zero-order chi connectivity index (χ0) is 91.3. The molecule has 14 heteroatoms. The quantitative estimate of drug-likeness (QED) is 0.0351. The van der Waals surface area contributed by atoms with Crippen molar-refractivity contribution < 1.29 is 56.5 Å². The van der Waals surface area contributed by atoms with E-state index in [0.717, 1.165) is 146 Å². The Labute approximate surface area is 769 Å². The van der Waals surface area contributed by atoms with Gasteiger partial charge in [0.1, 0.15) is 120 Å². The first kappa shape index (κ1) is 89.8. The van der Waals surface area contributed by atoms with Crippen LogP contribution in [0.4, 0.5) is 0 Å². The highest BCUT2D eigenvalue weighted by molar-refractivity contribution is 7.86. The van der Waals surface area contributed by atoms with Crippen LogP contribution in [0.3, 0.4) is 0 Å². The first-order valence-corrected chi connectivity index (χ1v) is 47.4. The fourth-order valence-corrected chi connectivity index (χ4v) is 22.1. The molecule has 16 aromatic carbocycles. The van der Waals surface area contributed by atoms with E-state index in [2.05, 4.69) is 114 Å². The van der Waals surface area contributed by atoms with Crippen LogP contribution in [0.15, 0.2) is 353 Å². The lowest BCUT2D eigenvalue weighted by Crippen LogP contribution is -2.26. The van der Waals surface area contributed by atoms with Gasteiger partial charge in [-0.3, -0.25) is 0 Å². The zero-order valence-electron chi connectivity index (χ0n) is 75.8. The van der Waals surface area contributed by atoms with Gasteiger partial charge in [0.05, 0.1) is 10.6 Å². The second-order valence-corrected chi connectivity index (χ2v) is 38.7. The third-order valence-electron chi connectivity index (χ3n) is 24.0. The van der Waals surface area contributed by atoms with E-state index in [0.29, 0.717) is 91.0 Å². The molecule has 0 aromatic heterocycles. The average Bonchev–Trinajstić information content (AvgIpc) is 0.758. The van der Waals surface area contributed by atoms with Crippen molar-refractivity contribution in [2.24, 2.45) is 0 Å². The molecule has 12 nitrogen and oxygen atoms in total. The minimum absolute atomic E-state index is 0.224. The zero-order valence-corrected chi connectivity index (χ0v) is 77.6. The molecule has 16 aromatic rings. The molecule has 0 fully saturated rings. The third-order valence-corrected chi connectivity index (χ3v) is 30.1. The van der Waals surface area contributed by atoms with Gasteiger partial charge in [-0.25, -0.2) is 0 Å². The van der Waals surface area contributed by atoms with Crippen molar-refractivity contribution in [3.63, 3.8) is 0 Å². The van der Waals surface area contributed by atoms with E-state index in [4.69, 9.17) is 47.4 Å². The number of hydrogen-bond acceptors (Lipinski definition) is 12. The lowest BCUT2D eigenvalue weighted by atomic mass is 9.88. The predicted octanol–water partition coefficient (Wildman–Crippen LogP) is 28.2. The standard InChI is InChI=1S/C117H106O12P2/c1-14-88-36-40-90(41-37-88)72-120-100-60-63-111(113(70-100)131(119,106-32-24-18-25-33-106)107-34-26-19-27-35-107)123-75-93-46-54-98(55-47-93)127-99-58-50-95(51-59-99)87(13)125-115-79(5)66-103(67-80(115)6)129-117-82(8)69-109(84(10)86(117)12)108-68-81(7)116(85(11)83(108)9)128-102-64-77(3)114(78(4)65-102)124-76-94-48-56-97(57-49-94)126-96-52-44-92(45-53-96)73-121-101-61-62-110(122-74-91-42-38-89(15-2)39-43-91)112(71-101)130(118,104-28-20-16-21-29-104)105-30-22-17-23-31-105/h14-71,87H,1-2,72-76H2,3-13H3. The van der Waals surface area contributed by atoms with Crippen LogP contribution in [0.25, 0.3) is 23.3 Å². The molecule has 0 aliphatic heterocycles. The Balaban J connectivity index is 0.510. The summed E-state index contributed by atoms with van der Waals surface area (Å²) < 4.78 is 97.2. The predicted molar refractivity (Wildman–Crippen MR) is 534 cm³/mol. The van der Waals surface area contributed by atoms with Crippen LogP contribution in [-0.2, 0) is 42.2 Å². The maximum absolute atomic E-state index is 15.8. The van der Waals surface area contributed by atoms with Crippen LogP contribution in [-0.4, -0.2) is 0 Å². The van der Waals surface area contributed by atoms with E-state index in [1.54, 1.807) is 0 Å². The summed E-state index contributed by atoms with van der Waals surface area (Å²) in [6.45, 7) is 32.4. The molecule has 1 unspecified atom stereocenters. The molecule has 0 bridgehead atoms.